The Hall–Kier alpha value is -1.36. The van der Waals surface area contributed by atoms with E-state index in [-0.39, 0.29) is 5.91 Å². The fraction of sp³-hybridized carbons (Fsp3) is 0.636. The number of hydrogen-bond donors (Lipinski definition) is 2. The Morgan fingerprint density at radius 2 is 2.44 bits per heavy atom. The topological polar surface area (TPSA) is 59.0 Å². The van der Waals surface area contributed by atoms with Crippen LogP contribution in [0.25, 0.3) is 0 Å². The van der Waals surface area contributed by atoms with E-state index in [9.17, 15) is 4.79 Å². The van der Waals surface area contributed by atoms with Crippen molar-refractivity contribution in [1.29, 1.82) is 0 Å². The van der Waals surface area contributed by atoms with Crippen molar-refractivity contribution in [3.05, 3.63) is 18.0 Å². The number of hydrogen-bond acceptors (Lipinski definition) is 3. The smallest absolute Gasteiger partial charge is 0.254 e. The summed E-state index contributed by atoms with van der Waals surface area (Å²) in [6.07, 6.45) is 6.85. The minimum atomic E-state index is -0.0713. The summed E-state index contributed by atoms with van der Waals surface area (Å²) in [5.74, 6) is -0.0713. The van der Waals surface area contributed by atoms with Crippen molar-refractivity contribution in [1.82, 2.24) is 20.4 Å². The quantitative estimate of drug-likeness (QED) is 0.768. The highest BCUT2D eigenvalue weighted by Crippen LogP contribution is 2.19. The molecule has 1 saturated heterocycles. The fourth-order valence-corrected chi connectivity index (χ4v) is 2.06. The van der Waals surface area contributed by atoms with Crippen LogP contribution < -0.4 is 10.6 Å². The molecule has 1 aromatic heterocycles. The second-order valence-corrected chi connectivity index (χ2v) is 4.12. The minimum absolute atomic E-state index is 0.0713. The molecule has 1 aliphatic heterocycles. The number of carbonyl (C=O) groups excluding carboxylic acids is 1. The number of rotatable bonds is 2. The second-order valence-electron chi connectivity index (χ2n) is 4.12. The number of amides is 1. The molecule has 0 saturated carbocycles. The zero-order chi connectivity index (χ0) is 11.4. The van der Waals surface area contributed by atoms with Crippen LogP contribution in [-0.2, 0) is 0 Å². The average molecular weight is 222 g/mol. The Morgan fingerprint density at radius 3 is 3.25 bits per heavy atom. The zero-order valence-electron chi connectivity index (χ0n) is 9.57. The van der Waals surface area contributed by atoms with E-state index in [1.807, 2.05) is 10.9 Å². The van der Waals surface area contributed by atoms with Gasteiger partial charge in [-0.1, -0.05) is 0 Å². The third kappa shape index (κ3) is 2.41. The lowest BCUT2D eigenvalue weighted by Crippen LogP contribution is -2.17. The van der Waals surface area contributed by atoms with Crippen molar-refractivity contribution in [2.45, 2.75) is 25.3 Å². The maximum atomic E-state index is 11.4. The van der Waals surface area contributed by atoms with Gasteiger partial charge in [0.1, 0.15) is 0 Å². The third-order valence-corrected chi connectivity index (χ3v) is 3.01. The molecule has 2 heterocycles. The number of aromatic nitrogens is 2. The van der Waals surface area contributed by atoms with Crippen LogP contribution in [-0.4, -0.2) is 35.8 Å². The maximum Gasteiger partial charge on any atom is 0.254 e. The molecule has 5 nitrogen and oxygen atoms in total. The van der Waals surface area contributed by atoms with Crippen LogP contribution in [0, 0.1) is 0 Å². The van der Waals surface area contributed by atoms with E-state index in [4.69, 9.17) is 0 Å². The van der Waals surface area contributed by atoms with Crippen molar-refractivity contribution >= 4 is 5.91 Å². The molecule has 88 valence electrons. The summed E-state index contributed by atoms with van der Waals surface area (Å²) in [5.41, 5.74) is 0.639. The summed E-state index contributed by atoms with van der Waals surface area (Å²) in [6, 6.07) is 0.424. The van der Waals surface area contributed by atoms with Gasteiger partial charge in [0, 0.05) is 13.2 Å². The van der Waals surface area contributed by atoms with Crippen LogP contribution >= 0.6 is 0 Å². The molecule has 2 N–H and O–H groups in total. The van der Waals surface area contributed by atoms with E-state index in [2.05, 4.69) is 15.7 Å². The van der Waals surface area contributed by atoms with Crippen LogP contribution in [0.15, 0.2) is 12.4 Å². The predicted molar refractivity (Wildman–Crippen MR) is 61.4 cm³/mol. The first-order valence-electron chi connectivity index (χ1n) is 5.78. The van der Waals surface area contributed by atoms with Gasteiger partial charge in [-0.25, -0.2) is 0 Å². The minimum Gasteiger partial charge on any atom is -0.355 e. The summed E-state index contributed by atoms with van der Waals surface area (Å²) in [6.45, 7) is 2.11. The largest absolute Gasteiger partial charge is 0.355 e. The lowest BCUT2D eigenvalue weighted by Gasteiger charge is -2.13. The van der Waals surface area contributed by atoms with Gasteiger partial charge in [0.05, 0.1) is 17.8 Å². The molecular formula is C11H18N4O. The molecule has 1 atom stereocenters. The SMILES string of the molecule is CNC(=O)c1cnn([C@@H]2CCCNCC2)c1. The van der Waals surface area contributed by atoms with Crippen molar-refractivity contribution in [2.75, 3.05) is 20.1 Å². The van der Waals surface area contributed by atoms with Gasteiger partial charge in [0.2, 0.25) is 0 Å². The number of carbonyl (C=O) groups is 1. The average Bonchev–Trinajstić information content (AvgIpc) is 2.64. The van der Waals surface area contributed by atoms with E-state index in [1.165, 1.54) is 6.42 Å². The lowest BCUT2D eigenvalue weighted by atomic mass is 10.1. The third-order valence-electron chi connectivity index (χ3n) is 3.01. The Bertz CT molecular complexity index is 353. The van der Waals surface area contributed by atoms with Crippen LogP contribution in [0.5, 0.6) is 0 Å². The van der Waals surface area contributed by atoms with E-state index in [1.54, 1.807) is 13.2 Å². The van der Waals surface area contributed by atoms with Gasteiger partial charge in [-0.3, -0.25) is 9.48 Å². The van der Waals surface area contributed by atoms with Crippen LogP contribution in [0.2, 0.25) is 0 Å². The van der Waals surface area contributed by atoms with Gasteiger partial charge < -0.3 is 10.6 Å². The predicted octanol–water partition coefficient (Wildman–Crippen LogP) is 0.557. The molecular weight excluding hydrogens is 204 g/mol. The highest BCUT2D eigenvalue weighted by molar-refractivity contribution is 5.93. The Morgan fingerprint density at radius 1 is 1.56 bits per heavy atom. The van der Waals surface area contributed by atoms with Crippen LogP contribution in [0.3, 0.4) is 0 Å². The molecule has 0 unspecified atom stereocenters. The highest BCUT2D eigenvalue weighted by atomic mass is 16.1. The van der Waals surface area contributed by atoms with Crippen molar-refractivity contribution < 1.29 is 4.79 Å². The monoisotopic (exact) mass is 222 g/mol. The Balaban J connectivity index is 2.08. The van der Waals surface area contributed by atoms with Gasteiger partial charge in [-0.2, -0.15) is 5.10 Å². The van der Waals surface area contributed by atoms with E-state index >= 15 is 0 Å². The molecule has 0 spiro atoms. The summed E-state index contributed by atoms with van der Waals surface area (Å²) in [4.78, 5) is 11.4. The Kier molecular flexibility index (Phi) is 3.56. The standard InChI is InChI=1S/C11H18N4O/c1-12-11(16)9-7-14-15(8-9)10-3-2-5-13-6-4-10/h7-8,10,13H,2-6H2,1H3,(H,12,16)/t10-/m1/s1. The van der Waals surface area contributed by atoms with Crippen LogP contribution in [0.1, 0.15) is 35.7 Å². The molecule has 0 aromatic carbocycles. The number of nitrogens with one attached hydrogen (secondary N) is 2. The normalized spacial score (nSPS) is 21.4. The first-order chi connectivity index (χ1) is 7.81. The summed E-state index contributed by atoms with van der Waals surface area (Å²) in [5, 5.41) is 10.3. The van der Waals surface area contributed by atoms with Crippen molar-refractivity contribution in [2.24, 2.45) is 0 Å². The summed E-state index contributed by atoms with van der Waals surface area (Å²) in [7, 11) is 1.63. The first kappa shape index (κ1) is 11.1. The van der Waals surface area contributed by atoms with E-state index in [0.29, 0.717) is 11.6 Å². The van der Waals surface area contributed by atoms with E-state index in [0.717, 1.165) is 25.9 Å². The molecule has 1 aliphatic rings. The van der Waals surface area contributed by atoms with Gasteiger partial charge in [-0.05, 0) is 32.4 Å². The van der Waals surface area contributed by atoms with Crippen molar-refractivity contribution in [3.8, 4) is 0 Å². The van der Waals surface area contributed by atoms with Crippen molar-refractivity contribution in [3.63, 3.8) is 0 Å². The molecule has 0 radical (unpaired) electrons. The molecule has 16 heavy (non-hydrogen) atoms. The molecule has 0 aliphatic carbocycles. The Labute approximate surface area is 95.2 Å². The van der Waals surface area contributed by atoms with Gasteiger partial charge in [-0.15, -0.1) is 0 Å². The van der Waals surface area contributed by atoms with Gasteiger partial charge in [0.15, 0.2) is 0 Å². The van der Waals surface area contributed by atoms with Crippen LogP contribution in [0.4, 0.5) is 0 Å². The second kappa shape index (κ2) is 5.12. The fourth-order valence-electron chi connectivity index (χ4n) is 2.06. The first-order valence-corrected chi connectivity index (χ1v) is 5.78. The zero-order valence-corrected chi connectivity index (χ0v) is 9.57. The van der Waals surface area contributed by atoms with E-state index < -0.39 is 0 Å². The van der Waals surface area contributed by atoms with Gasteiger partial charge >= 0.3 is 0 Å². The lowest BCUT2D eigenvalue weighted by molar-refractivity contribution is 0.0963. The molecule has 1 amide bonds. The highest BCUT2D eigenvalue weighted by Gasteiger charge is 2.16. The van der Waals surface area contributed by atoms with Gasteiger partial charge in [0.25, 0.3) is 5.91 Å². The maximum absolute atomic E-state index is 11.4. The molecule has 1 aromatic rings. The summed E-state index contributed by atoms with van der Waals surface area (Å²) < 4.78 is 1.93. The summed E-state index contributed by atoms with van der Waals surface area (Å²) >= 11 is 0. The number of nitrogens with zero attached hydrogens (tertiary/aromatic N) is 2. The molecule has 0 bridgehead atoms. The molecule has 5 heteroatoms. The molecule has 1 fully saturated rings. The molecule has 2 rings (SSSR count).